The largest absolute Gasteiger partial charge is 0.444 e. The number of ether oxygens (including phenoxy) is 1. The van der Waals surface area contributed by atoms with Gasteiger partial charge in [-0.05, 0) is 57.7 Å². The number of nitrogens with two attached hydrogens (primary N) is 1. The molecule has 2 amide bonds. The highest BCUT2D eigenvalue weighted by atomic mass is 32.2. The van der Waals surface area contributed by atoms with Crippen LogP contribution in [-0.2, 0) is 26.0 Å². The Hall–Kier alpha value is -2.13. The van der Waals surface area contributed by atoms with Crippen molar-refractivity contribution in [3.8, 4) is 0 Å². The van der Waals surface area contributed by atoms with Gasteiger partial charge in [0, 0.05) is 12.2 Å². The summed E-state index contributed by atoms with van der Waals surface area (Å²) in [6.07, 6.45) is 1.16. The predicted molar refractivity (Wildman–Crippen MR) is 102 cm³/mol. The van der Waals surface area contributed by atoms with Crippen LogP contribution < -0.4 is 10.5 Å². The highest BCUT2D eigenvalue weighted by Gasteiger charge is 2.36. The number of benzene rings is 1. The molecule has 0 bridgehead atoms. The number of sulfonamides is 1. The number of amides is 2. The van der Waals surface area contributed by atoms with E-state index in [1.54, 1.807) is 32.9 Å². The quantitative estimate of drug-likeness (QED) is 0.807. The van der Waals surface area contributed by atoms with Gasteiger partial charge in [-0.2, -0.15) is 0 Å². The number of nitrogens with zero attached hydrogens (tertiary/aromatic N) is 1. The molecule has 1 atom stereocenters. The summed E-state index contributed by atoms with van der Waals surface area (Å²) < 4.78 is 28.9. The Kier molecular flexibility index (Phi) is 6.16. The SMILES string of the molecule is CCc1ccc(NC(=O)[C@@H]2CCCN2C(=O)OC(C)(C)C)cc1S(N)(=O)=O. The van der Waals surface area contributed by atoms with Crippen molar-refractivity contribution >= 4 is 27.7 Å². The van der Waals surface area contributed by atoms with Crippen molar-refractivity contribution in [2.45, 2.75) is 63.5 Å². The third kappa shape index (κ3) is 5.43. The van der Waals surface area contributed by atoms with E-state index in [9.17, 15) is 18.0 Å². The van der Waals surface area contributed by atoms with Crippen LogP contribution in [0.3, 0.4) is 0 Å². The molecule has 0 aromatic heterocycles. The van der Waals surface area contributed by atoms with Crippen LogP contribution in [0.1, 0.15) is 46.1 Å². The number of rotatable bonds is 4. The van der Waals surface area contributed by atoms with Crippen molar-refractivity contribution in [2.24, 2.45) is 5.14 Å². The molecule has 1 heterocycles. The van der Waals surface area contributed by atoms with Gasteiger partial charge in [0.1, 0.15) is 11.6 Å². The van der Waals surface area contributed by atoms with Crippen LogP contribution in [-0.4, -0.2) is 43.5 Å². The van der Waals surface area contributed by atoms with Crippen molar-refractivity contribution in [1.82, 2.24) is 4.90 Å². The van der Waals surface area contributed by atoms with E-state index in [1.165, 1.54) is 11.0 Å². The van der Waals surface area contributed by atoms with E-state index in [0.717, 1.165) is 0 Å². The average Bonchev–Trinajstić information content (AvgIpc) is 3.02. The normalized spacial score (nSPS) is 17.7. The highest BCUT2D eigenvalue weighted by molar-refractivity contribution is 7.89. The summed E-state index contributed by atoms with van der Waals surface area (Å²) in [5.74, 6) is -0.386. The molecule has 1 aromatic carbocycles. The Labute approximate surface area is 160 Å². The maximum atomic E-state index is 12.7. The topological polar surface area (TPSA) is 119 Å². The van der Waals surface area contributed by atoms with Gasteiger partial charge in [-0.25, -0.2) is 18.4 Å². The van der Waals surface area contributed by atoms with E-state index < -0.39 is 27.8 Å². The maximum absolute atomic E-state index is 12.7. The number of primary sulfonamides is 1. The van der Waals surface area contributed by atoms with E-state index >= 15 is 0 Å². The molecular weight excluding hydrogens is 370 g/mol. The van der Waals surface area contributed by atoms with Gasteiger partial charge in [0.2, 0.25) is 15.9 Å². The molecule has 0 unspecified atom stereocenters. The maximum Gasteiger partial charge on any atom is 0.410 e. The summed E-state index contributed by atoms with van der Waals surface area (Å²) in [7, 11) is -3.90. The van der Waals surface area contributed by atoms with Gasteiger partial charge in [0.15, 0.2) is 0 Å². The van der Waals surface area contributed by atoms with Crippen LogP contribution in [0.25, 0.3) is 0 Å². The van der Waals surface area contributed by atoms with Gasteiger partial charge in [-0.1, -0.05) is 13.0 Å². The van der Waals surface area contributed by atoms with Crippen LogP contribution in [0.2, 0.25) is 0 Å². The Balaban J connectivity index is 2.18. The minimum atomic E-state index is -3.90. The average molecular weight is 397 g/mol. The smallest absolute Gasteiger partial charge is 0.410 e. The minimum Gasteiger partial charge on any atom is -0.444 e. The second kappa shape index (κ2) is 7.85. The zero-order valence-electron chi connectivity index (χ0n) is 16.1. The van der Waals surface area contributed by atoms with Crippen molar-refractivity contribution in [1.29, 1.82) is 0 Å². The van der Waals surface area contributed by atoms with E-state index in [2.05, 4.69) is 5.32 Å². The van der Waals surface area contributed by atoms with Gasteiger partial charge < -0.3 is 10.1 Å². The van der Waals surface area contributed by atoms with E-state index in [0.29, 0.717) is 37.1 Å². The molecule has 0 saturated carbocycles. The van der Waals surface area contributed by atoms with Crippen LogP contribution in [0.5, 0.6) is 0 Å². The Morgan fingerprint density at radius 2 is 2.00 bits per heavy atom. The minimum absolute atomic E-state index is 0.0155. The molecule has 2 rings (SSSR count). The zero-order valence-corrected chi connectivity index (χ0v) is 16.9. The molecule has 9 heteroatoms. The first-order valence-corrected chi connectivity index (χ1v) is 10.4. The molecule has 27 heavy (non-hydrogen) atoms. The molecule has 0 radical (unpaired) electrons. The van der Waals surface area contributed by atoms with E-state index in [1.807, 2.05) is 6.92 Å². The van der Waals surface area contributed by atoms with Crippen LogP contribution in [0.4, 0.5) is 10.5 Å². The summed E-state index contributed by atoms with van der Waals surface area (Å²) in [4.78, 5) is 26.4. The molecular formula is C18H27N3O5S. The monoisotopic (exact) mass is 397 g/mol. The lowest BCUT2D eigenvalue weighted by Crippen LogP contribution is -2.45. The lowest BCUT2D eigenvalue weighted by molar-refractivity contribution is -0.120. The third-order valence-electron chi connectivity index (χ3n) is 4.21. The molecule has 1 aliphatic heterocycles. The van der Waals surface area contributed by atoms with Crippen molar-refractivity contribution in [2.75, 3.05) is 11.9 Å². The lowest BCUT2D eigenvalue weighted by atomic mass is 10.1. The number of hydrogen-bond donors (Lipinski definition) is 2. The number of hydrogen-bond acceptors (Lipinski definition) is 5. The van der Waals surface area contributed by atoms with Crippen LogP contribution in [0, 0.1) is 0 Å². The molecule has 150 valence electrons. The summed E-state index contributed by atoms with van der Waals surface area (Å²) in [6, 6.07) is 3.93. The van der Waals surface area contributed by atoms with Crippen molar-refractivity contribution in [3.05, 3.63) is 23.8 Å². The molecule has 3 N–H and O–H groups in total. The fourth-order valence-electron chi connectivity index (χ4n) is 2.99. The first-order chi connectivity index (χ1) is 12.4. The van der Waals surface area contributed by atoms with Gasteiger partial charge in [0.25, 0.3) is 0 Å². The van der Waals surface area contributed by atoms with E-state index in [4.69, 9.17) is 9.88 Å². The molecule has 0 aliphatic carbocycles. The molecule has 1 fully saturated rings. The molecule has 1 saturated heterocycles. The fraction of sp³-hybridized carbons (Fsp3) is 0.556. The molecule has 1 aromatic rings. The van der Waals surface area contributed by atoms with Gasteiger partial charge in [-0.3, -0.25) is 9.69 Å². The van der Waals surface area contributed by atoms with Crippen LogP contribution >= 0.6 is 0 Å². The zero-order chi connectivity index (χ0) is 20.4. The number of carbonyl (C=O) groups excluding carboxylic acids is 2. The number of carbonyl (C=O) groups is 2. The number of aryl methyl sites for hydroxylation is 1. The van der Waals surface area contributed by atoms with Crippen LogP contribution in [0.15, 0.2) is 23.1 Å². The lowest BCUT2D eigenvalue weighted by Gasteiger charge is -2.28. The first kappa shape index (κ1) is 21.2. The Bertz CT molecular complexity index is 830. The standard InChI is InChI=1S/C18H27N3O5S/c1-5-12-8-9-13(11-15(12)27(19,24)25)20-16(22)14-7-6-10-21(14)17(23)26-18(2,3)4/h8-9,11,14H,5-7,10H2,1-4H3,(H,20,22)(H2,19,24,25)/t14-/m0/s1. The number of anilines is 1. The third-order valence-corrected chi connectivity index (χ3v) is 5.20. The fourth-order valence-corrected chi connectivity index (χ4v) is 3.86. The number of nitrogens with one attached hydrogen (secondary N) is 1. The Morgan fingerprint density at radius 1 is 1.33 bits per heavy atom. The van der Waals surface area contributed by atoms with Gasteiger partial charge in [-0.15, -0.1) is 0 Å². The first-order valence-electron chi connectivity index (χ1n) is 8.88. The highest BCUT2D eigenvalue weighted by Crippen LogP contribution is 2.24. The predicted octanol–water partition coefficient (Wildman–Crippen LogP) is 2.23. The summed E-state index contributed by atoms with van der Waals surface area (Å²) >= 11 is 0. The Morgan fingerprint density at radius 3 is 2.56 bits per heavy atom. The summed E-state index contributed by atoms with van der Waals surface area (Å²) in [6.45, 7) is 7.55. The van der Waals surface area contributed by atoms with Crippen molar-refractivity contribution in [3.63, 3.8) is 0 Å². The van der Waals surface area contributed by atoms with Gasteiger partial charge in [0.05, 0.1) is 4.90 Å². The number of likely N-dealkylation sites (tertiary alicyclic amines) is 1. The summed E-state index contributed by atoms with van der Waals surface area (Å²) in [5.41, 5.74) is 0.241. The van der Waals surface area contributed by atoms with Gasteiger partial charge >= 0.3 is 6.09 Å². The second-order valence-electron chi connectivity index (χ2n) is 7.54. The molecule has 1 aliphatic rings. The summed E-state index contributed by atoms with van der Waals surface area (Å²) in [5, 5.41) is 7.95. The van der Waals surface area contributed by atoms with Crippen molar-refractivity contribution < 1.29 is 22.7 Å². The van der Waals surface area contributed by atoms with E-state index in [-0.39, 0.29) is 10.8 Å². The second-order valence-corrected chi connectivity index (χ2v) is 9.07. The molecule has 0 spiro atoms. The molecule has 8 nitrogen and oxygen atoms in total.